The van der Waals surface area contributed by atoms with Crippen molar-refractivity contribution in [3.05, 3.63) is 23.8 Å². The van der Waals surface area contributed by atoms with E-state index in [1.54, 1.807) is 18.2 Å². The van der Waals surface area contributed by atoms with E-state index in [4.69, 9.17) is 9.84 Å². The Balaban J connectivity index is 2.83. The second kappa shape index (κ2) is 4.50. The summed E-state index contributed by atoms with van der Waals surface area (Å²) >= 11 is 0. The zero-order valence-electron chi connectivity index (χ0n) is 8.20. The van der Waals surface area contributed by atoms with Gasteiger partial charge in [-0.3, -0.25) is 5.32 Å². The fourth-order valence-electron chi connectivity index (χ4n) is 1.17. The molecule has 1 aromatic rings. The third-order valence-corrected chi connectivity index (χ3v) is 1.73. The predicted molar refractivity (Wildman–Crippen MR) is 54.0 cm³/mol. The Labute approximate surface area is 82.5 Å². The number of aryl methyl sites for hydroxylation is 1. The van der Waals surface area contributed by atoms with Crippen molar-refractivity contribution in [2.24, 2.45) is 0 Å². The maximum Gasteiger partial charge on any atom is 0.409 e. The standard InChI is InChI=1S/C10H13NO3/c1-3-14-9-5-4-8(6-7(9)2)11-10(12)13/h4-6,11H,3H2,1-2H3,(H,12,13). The van der Waals surface area contributed by atoms with Crippen LogP contribution in [0.1, 0.15) is 12.5 Å². The van der Waals surface area contributed by atoms with Crippen molar-refractivity contribution in [3.63, 3.8) is 0 Å². The van der Waals surface area contributed by atoms with Crippen LogP contribution in [0.25, 0.3) is 0 Å². The molecule has 0 fully saturated rings. The third-order valence-electron chi connectivity index (χ3n) is 1.73. The molecule has 0 atom stereocenters. The second-order valence-corrected chi connectivity index (χ2v) is 2.84. The van der Waals surface area contributed by atoms with E-state index in [1.807, 2.05) is 13.8 Å². The fraction of sp³-hybridized carbons (Fsp3) is 0.300. The number of nitrogens with one attached hydrogen (secondary N) is 1. The van der Waals surface area contributed by atoms with Gasteiger partial charge in [-0.05, 0) is 37.6 Å². The average Bonchev–Trinajstić information content (AvgIpc) is 2.09. The average molecular weight is 195 g/mol. The van der Waals surface area contributed by atoms with Gasteiger partial charge in [0.1, 0.15) is 5.75 Å². The maximum atomic E-state index is 10.3. The van der Waals surface area contributed by atoms with E-state index in [-0.39, 0.29) is 0 Å². The van der Waals surface area contributed by atoms with Crippen LogP contribution in [0.3, 0.4) is 0 Å². The Kier molecular flexibility index (Phi) is 3.34. The quantitative estimate of drug-likeness (QED) is 0.778. The van der Waals surface area contributed by atoms with Crippen molar-refractivity contribution < 1.29 is 14.6 Å². The molecule has 1 aromatic carbocycles. The molecular weight excluding hydrogens is 182 g/mol. The predicted octanol–water partition coefficient (Wildman–Crippen LogP) is 2.48. The lowest BCUT2D eigenvalue weighted by atomic mass is 10.2. The Morgan fingerprint density at radius 2 is 2.29 bits per heavy atom. The molecule has 0 bridgehead atoms. The third kappa shape index (κ3) is 2.65. The van der Waals surface area contributed by atoms with Gasteiger partial charge in [-0.15, -0.1) is 0 Å². The molecule has 0 aromatic heterocycles. The largest absolute Gasteiger partial charge is 0.494 e. The zero-order chi connectivity index (χ0) is 10.6. The van der Waals surface area contributed by atoms with E-state index in [0.29, 0.717) is 12.3 Å². The molecule has 0 aliphatic rings. The molecule has 0 unspecified atom stereocenters. The molecule has 76 valence electrons. The van der Waals surface area contributed by atoms with Crippen LogP contribution in [-0.2, 0) is 0 Å². The number of hydrogen-bond donors (Lipinski definition) is 2. The van der Waals surface area contributed by atoms with Crippen LogP contribution < -0.4 is 10.1 Å². The normalized spacial score (nSPS) is 9.57. The van der Waals surface area contributed by atoms with Crippen molar-refractivity contribution in [3.8, 4) is 5.75 Å². The van der Waals surface area contributed by atoms with Gasteiger partial charge in [0.25, 0.3) is 0 Å². The zero-order valence-corrected chi connectivity index (χ0v) is 8.20. The number of carboxylic acid groups (broad SMARTS) is 1. The number of amides is 1. The van der Waals surface area contributed by atoms with Crippen LogP contribution >= 0.6 is 0 Å². The van der Waals surface area contributed by atoms with Gasteiger partial charge in [0.15, 0.2) is 0 Å². The summed E-state index contributed by atoms with van der Waals surface area (Å²) in [5, 5.41) is 10.8. The van der Waals surface area contributed by atoms with E-state index in [1.165, 1.54) is 0 Å². The van der Waals surface area contributed by atoms with Crippen LogP contribution in [0.4, 0.5) is 10.5 Å². The van der Waals surface area contributed by atoms with Crippen molar-refractivity contribution in [2.45, 2.75) is 13.8 Å². The molecule has 4 heteroatoms. The van der Waals surface area contributed by atoms with Crippen molar-refractivity contribution in [1.82, 2.24) is 0 Å². The lowest BCUT2D eigenvalue weighted by Gasteiger charge is -2.08. The number of benzene rings is 1. The number of hydrogen-bond acceptors (Lipinski definition) is 2. The van der Waals surface area contributed by atoms with Crippen LogP contribution in [0.15, 0.2) is 18.2 Å². The highest BCUT2D eigenvalue weighted by atomic mass is 16.5. The number of ether oxygens (including phenoxy) is 1. The lowest BCUT2D eigenvalue weighted by molar-refractivity contribution is 0.209. The Hall–Kier alpha value is -1.71. The summed E-state index contributed by atoms with van der Waals surface area (Å²) in [6.45, 7) is 4.38. The summed E-state index contributed by atoms with van der Waals surface area (Å²) in [5.74, 6) is 0.781. The topological polar surface area (TPSA) is 58.6 Å². The molecule has 0 aliphatic heterocycles. The van der Waals surface area contributed by atoms with E-state index < -0.39 is 6.09 Å². The molecule has 4 nitrogen and oxygen atoms in total. The van der Waals surface area contributed by atoms with Gasteiger partial charge in [0, 0.05) is 5.69 Å². The molecule has 1 rings (SSSR count). The molecular formula is C10H13NO3. The Morgan fingerprint density at radius 1 is 1.57 bits per heavy atom. The molecule has 0 spiro atoms. The van der Waals surface area contributed by atoms with Gasteiger partial charge < -0.3 is 9.84 Å². The second-order valence-electron chi connectivity index (χ2n) is 2.84. The Bertz CT molecular complexity index is 336. The molecule has 0 saturated heterocycles. The summed E-state index contributed by atoms with van der Waals surface area (Å²) in [6, 6.07) is 5.16. The van der Waals surface area contributed by atoms with E-state index in [0.717, 1.165) is 11.3 Å². The monoisotopic (exact) mass is 195 g/mol. The minimum absolute atomic E-state index is 0.554. The van der Waals surface area contributed by atoms with Crippen molar-refractivity contribution in [1.29, 1.82) is 0 Å². The van der Waals surface area contributed by atoms with Gasteiger partial charge in [0.05, 0.1) is 6.61 Å². The number of rotatable bonds is 3. The first-order valence-corrected chi connectivity index (χ1v) is 4.37. The van der Waals surface area contributed by atoms with E-state index in [9.17, 15) is 4.79 Å². The van der Waals surface area contributed by atoms with Gasteiger partial charge in [0.2, 0.25) is 0 Å². The first-order valence-electron chi connectivity index (χ1n) is 4.37. The lowest BCUT2D eigenvalue weighted by Crippen LogP contribution is -2.07. The molecule has 14 heavy (non-hydrogen) atoms. The van der Waals surface area contributed by atoms with Crippen molar-refractivity contribution >= 4 is 11.8 Å². The van der Waals surface area contributed by atoms with Crippen LogP contribution in [0.2, 0.25) is 0 Å². The van der Waals surface area contributed by atoms with Crippen LogP contribution in [0, 0.1) is 6.92 Å². The maximum absolute atomic E-state index is 10.3. The number of carbonyl (C=O) groups is 1. The van der Waals surface area contributed by atoms with Gasteiger partial charge in [-0.1, -0.05) is 0 Å². The van der Waals surface area contributed by atoms with E-state index >= 15 is 0 Å². The fourth-order valence-corrected chi connectivity index (χ4v) is 1.17. The summed E-state index contributed by atoms with van der Waals surface area (Å²) in [7, 11) is 0. The first kappa shape index (κ1) is 10.4. The first-order chi connectivity index (χ1) is 6.63. The highest BCUT2D eigenvalue weighted by Crippen LogP contribution is 2.21. The van der Waals surface area contributed by atoms with Gasteiger partial charge in [-0.25, -0.2) is 4.79 Å². The molecule has 1 amide bonds. The SMILES string of the molecule is CCOc1ccc(NC(=O)O)cc1C. The highest BCUT2D eigenvalue weighted by Gasteiger charge is 2.02. The van der Waals surface area contributed by atoms with Gasteiger partial charge >= 0.3 is 6.09 Å². The summed E-state index contributed by atoms with van der Waals surface area (Å²) in [5.41, 5.74) is 1.47. The highest BCUT2D eigenvalue weighted by molar-refractivity contribution is 5.83. The molecule has 0 heterocycles. The molecule has 2 N–H and O–H groups in total. The number of anilines is 1. The Morgan fingerprint density at radius 3 is 2.79 bits per heavy atom. The van der Waals surface area contributed by atoms with Crippen LogP contribution in [0.5, 0.6) is 5.75 Å². The smallest absolute Gasteiger partial charge is 0.409 e. The molecule has 0 radical (unpaired) electrons. The molecule has 0 aliphatic carbocycles. The molecule has 0 saturated carbocycles. The van der Waals surface area contributed by atoms with Gasteiger partial charge in [-0.2, -0.15) is 0 Å². The summed E-state index contributed by atoms with van der Waals surface area (Å²) in [4.78, 5) is 10.3. The summed E-state index contributed by atoms with van der Waals surface area (Å²) in [6.07, 6.45) is -1.06. The van der Waals surface area contributed by atoms with Crippen LogP contribution in [-0.4, -0.2) is 17.8 Å². The summed E-state index contributed by atoms with van der Waals surface area (Å²) < 4.78 is 5.32. The van der Waals surface area contributed by atoms with E-state index in [2.05, 4.69) is 5.32 Å². The van der Waals surface area contributed by atoms with Crippen molar-refractivity contribution in [2.75, 3.05) is 11.9 Å². The minimum atomic E-state index is -1.06. The minimum Gasteiger partial charge on any atom is -0.494 e.